The Kier molecular flexibility index (Phi) is 2.79. The Balaban J connectivity index is 1.91. The summed E-state index contributed by atoms with van der Waals surface area (Å²) in [5, 5.41) is 0. The molecule has 3 rings (SSSR count). The lowest BCUT2D eigenvalue weighted by molar-refractivity contribution is 0.0267. The molecular formula is C16H25N3O. The first-order chi connectivity index (χ1) is 9.25. The number of hydrogen-bond donors (Lipinski definition) is 1. The van der Waals surface area contributed by atoms with Gasteiger partial charge in [-0.1, -0.05) is 20.8 Å². The van der Waals surface area contributed by atoms with Crippen LogP contribution in [0.5, 0.6) is 5.88 Å². The lowest BCUT2D eigenvalue weighted by atomic mass is 9.70. The van der Waals surface area contributed by atoms with Crippen molar-refractivity contribution in [2.45, 2.75) is 60.0 Å². The molecule has 110 valence electrons. The summed E-state index contributed by atoms with van der Waals surface area (Å²) in [6, 6.07) is 0. The first-order valence-corrected chi connectivity index (χ1v) is 7.53. The van der Waals surface area contributed by atoms with Crippen molar-refractivity contribution in [3.63, 3.8) is 0 Å². The van der Waals surface area contributed by atoms with Crippen molar-refractivity contribution >= 4 is 5.82 Å². The molecule has 1 heterocycles. The van der Waals surface area contributed by atoms with Gasteiger partial charge in [0.15, 0.2) is 0 Å². The second-order valence-electron chi connectivity index (χ2n) is 7.30. The third-order valence-corrected chi connectivity index (χ3v) is 6.22. The number of nitrogens with two attached hydrogens (primary N) is 1. The highest BCUT2D eigenvalue weighted by atomic mass is 16.5. The first-order valence-electron chi connectivity index (χ1n) is 7.53. The van der Waals surface area contributed by atoms with Gasteiger partial charge in [0.1, 0.15) is 17.7 Å². The highest BCUT2D eigenvalue weighted by Crippen LogP contribution is 2.66. The Morgan fingerprint density at radius 2 is 1.90 bits per heavy atom. The smallest absolute Gasteiger partial charge is 0.222 e. The van der Waals surface area contributed by atoms with Crippen LogP contribution in [0.1, 0.15) is 51.4 Å². The van der Waals surface area contributed by atoms with Gasteiger partial charge in [-0.25, -0.2) is 4.98 Å². The lowest BCUT2D eigenvalue weighted by Gasteiger charge is -2.38. The molecule has 0 radical (unpaired) electrons. The molecule has 0 saturated heterocycles. The van der Waals surface area contributed by atoms with E-state index in [1.165, 1.54) is 12.8 Å². The molecular weight excluding hydrogens is 250 g/mol. The molecule has 2 aliphatic carbocycles. The van der Waals surface area contributed by atoms with Crippen LogP contribution in [0.3, 0.4) is 0 Å². The third kappa shape index (κ3) is 1.66. The van der Waals surface area contributed by atoms with E-state index in [1.54, 1.807) is 0 Å². The van der Waals surface area contributed by atoms with Crippen molar-refractivity contribution in [3.05, 3.63) is 11.4 Å². The van der Waals surface area contributed by atoms with E-state index >= 15 is 0 Å². The number of aryl methyl sites for hydroxylation is 1. The second kappa shape index (κ2) is 4.09. The molecule has 0 aliphatic heterocycles. The predicted octanol–water partition coefficient (Wildman–Crippen LogP) is 3.27. The molecule has 2 bridgehead atoms. The van der Waals surface area contributed by atoms with Crippen LogP contribution >= 0.6 is 0 Å². The van der Waals surface area contributed by atoms with Crippen LogP contribution in [-0.4, -0.2) is 16.1 Å². The Labute approximate surface area is 121 Å². The Bertz CT molecular complexity index is 555. The Hall–Kier alpha value is -1.32. The maximum atomic E-state index is 6.31. The van der Waals surface area contributed by atoms with Gasteiger partial charge in [-0.3, -0.25) is 0 Å². The summed E-state index contributed by atoms with van der Waals surface area (Å²) in [6.45, 7) is 10.9. The minimum atomic E-state index is 0.234. The van der Waals surface area contributed by atoms with Crippen LogP contribution in [-0.2, 0) is 0 Å². The second-order valence-corrected chi connectivity index (χ2v) is 7.30. The number of ether oxygens (including phenoxy) is 1. The summed E-state index contributed by atoms with van der Waals surface area (Å²) in [5.74, 6) is 2.64. The SMILES string of the molecule is Cc1nc(N)c(C)c(OC2CC3CCC2(C)C3(C)C)n1. The maximum absolute atomic E-state index is 6.31. The van der Waals surface area contributed by atoms with Crippen molar-refractivity contribution < 1.29 is 4.74 Å². The molecule has 1 aromatic heterocycles. The summed E-state index contributed by atoms with van der Waals surface area (Å²) in [4.78, 5) is 8.64. The zero-order valence-corrected chi connectivity index (χ0v) is 13.2. The van der Waals surface area contributed by atoms with Gasteiger partial charge in [-0.05, 0) is 44.4 Å². The minimum absolute atomic E-state index is 0.234. The summed E-state index contributed by atoms with van der Waals surface area (Å²) < 4.78 is 6.31. The van der Waals surface area contributed by atoms with E-state index in [0.717, 1.165) is 17.9 Å². The third-order valence-electron chi connectivity index (χ3n) is 6.22. The highest BCUT2D eigenvalue weighted by Gasteiger charge is 2.62. The van der Waals surface area contributed by atoms with E-state index in [1.807, 2.05) is 13.8 Å². The van der Waals surface area contributed by atoms with E-state index in [2.05, 4.69) is 30.7 Å². The van der Waals surface area contributed by atoms with Gasteiger partial charge in [-0.15, -0.1) is 0 Å². The normalized spacial score (nSPS) is 34.5. The number of nitrogen functional groups attached to an aromatic ring is 1. The quantitative estimate of drug-likeness (QED) is 0.900. The fourth-order valence-corrected chi connectivity index (χ4v) is 4.18. The van der Waals surface area contributed by atoms with Crippen molar-refractivity contribution in [3.8, 4) is 5.88 Å². The zero-order chi connectivity index (χ0) is 14.7. The monoisotopic (exact) mass is 275 g/mol. The topological polar surface area (TPSA) is 61.0 Å². The molecule has 2 aliphatic rings. The molecule has 0 spiro atoms. The lowest BCUT2D eigenvalue weighted by Crippen LogP contribution is -2.39. The molecule has 2 fully saturated rings. The number of anilines is 1. The van der Waals surface area contributed by atoms with Crippen LogP contribution in [0.15, 0.2) is 0 Å². The largest absolute Gasteiger partial charge is 0.473 e. The van der Waals surface area contributed by atoms with E-state index in [9.17, 15) is 0 Å². The molecule has 3 unspecified atom stereocenters. The van der Waals surface area contributed by atoms with Gasteiger partial charge >= 0.3 is 0 Å². The number of aromatic nitrogens is 2. The standard InChI is InChI=1S/C16H25N3O/c1-9-13(17)18-10(2)19-14(9)20-12-8-11-6-7-16(12,5)15(11,3)4/h11-12H,6-8H2,1-5H3,(H2,17,18,19). The van der Waals surface area contributed by atoms with Gasteiger partial charge in [0.05, 0.1) is 5.56 Å². The van der Waals surface area contributed by atoms with Crippen molar-refractivity contribution in [1.82, 2.24) is 9.97 Å². The van der Waals surface area contributed by atoms with Crippen LogP contribution < -0.4 is 10.5 Å². The van der Waals surface area contributed by atoms with E-state index < -0.39 is 0 Å². The van der Waals surface area contributed by atoms with Gasteiger partial charge in [-0.2, -0.15) is 4.98 Å². The van der Waals surface area contributed by atoms with Crippen LogP contribution in [0, 0.1) is 30.6 Å². The number of nitrogens with zero attached hydrogens (tertiary/aromatic N) is 2. The van der Waals surface area contributed by atoms with Crippen molar-refractivity contribution in [1.29, 1.82) is 0 Å². The minimum Gasteiger partial charge on any atom is -0.473 e. The van der Waals surface area contributed by atoms with Gasteiger partial charge in [0, 0.05) is 5.41 Å². The average Bonchev–Trinajstić information content (AvgIpc) is 2.68. The average molecular weight is 275 g/mol. The van der Waals surface area contributed by atoms with Gasteiger partial charge in [0.25, 0.3) is 0 Å². The van der Waals surface area contributed by atoms with Crippen molar-refractivity contribution in [2.24, 2.45) is 16.7 Å². The molecule has 2 saturated carbocycles. The molecule has 0 amide bonds. The molecule has 4 heteroatoms. The zero-order valence-electron chi connectivity index (χ0n) is 13.2. The van der Waals surface area contributed by atoms with Gasteiger partial charge in [0.2, 0.25) is 5.88 Å². The predicted molar refractivity (Wildman–Crippen MR) is 79.6 cm³/mol. The number of rotatable bonds is 2. The van der Waals surface area contributed by atoms with Gasteiger partial charge < -0.3 is 10.5 Å². The maximum Gasteiger partial charge on any atom is 0.222 e. The van der Waals surface area contributed by atoms with Crippen LogP contribution in [0.2, 0.25) is 0 Å². The summed E-state index contributed by atoms with van der Waals surface area (Å²) in [7, 11) is 0. The molecule has 4 nitrogen and oxygen atoms in total. The van der Waals surface area contributed by atoms with Crippen LogP contribution in [0.25, 0.3) is 0 Å². The summed E-state index contributed by atoms with van der Waals surface area (Å²) in [5.41, 5.74) is 7.37. The molecule has 20 heavy (non-hydrogen) atoms. The fourth-order valence-electron chi connectivity index (χ4n) is 4.18. The summed E-state index contributed by atoms with van der Waals surface area (Å²) >= 11 is 0. The van der Waals surface area contributed by atoms with E-state index in [0.29, 0.717) is 22.9 Å². The number of hydrogen-bond acceptors (Lipinski definition) is 4. The Morgan fingerprint density at radius 1 is 1.20 bits per heavy atom. The summed E-state index contributed by atoms with van der Waals surface area (Å²) in [6.07, 6.45) is 3.94. The first kappa shape index (κ1) is 13.7. The number of fused-ring (bicyclic) bond motifs is 2. The fraction of sp³-hybridized carbons (Fsp3) is 0.750. The van der Waals surface area contributed by atoms with E-state index in [-0.39, 0.29) is 11.5 Å². The molecule has 2 N–H and O–H groups in total. The molecule has 0 aromatic carbocycles. The van der Waals surface area contributed by atoms with Crippen LogP contribution in [0.4, 0.5) is 5.82 Å². The Morgan fingerprint density at radius 3 is 2.45 bits per heavy atom. The molecule has 1 aromatic rings. The highest BCUT2D eigenvalue weighted by molar-refractivity contribution is 5.44. The molecule has 3 atom stereocenters. The van der Waals surface area contributed by atoms with E-state index in [4.69, 9.17) is 10.5 Å². The van der Waals surface area contributed by atoms with Crippen molar-refractivity contribution in [2.75, 3.05) is 5.73 Å².